The second-order valence-electron chi connectivity index (χ2n) is 8.34. The van der Waals surface area contributed by atoms with Crippen molar-refractivity contribution in [2.24, 2.45) is 4.99 Å². The number of hydrogen-bond donors (Lipinski definition) is 2. The van der Waals surface area contributed by atoms with Crippen molar-refractivity contribution in [3.8, 4) is 0 Å². The van der Waals surface area contributed by atoms with Gasteiger partial charge in [0.1, 0.15) is 0 Å². The molecule has 6 nitrogen and oxygen atoms in total. The maximum atomic E-state index is 14.1. The van der Waals surface area contributed by atoms with Crippen molar-refractivity contribution in [2.45, 2.75) is 37.6 Å². The first kappa shape index (κ1) is 24.7. The number of benzene rings is 1. The lowest BCUT2D eigenvalue weighted by molar-refractivity contribution is 0.0531. The van der Waals surface area contributed by atoms with Crippen LogP contribution in [0.4, 0.5) is 10.2 Å². The van der Waals surface area contributed by atoms with E-state index in [1.807, 2.05) is 4.90 Å². The van der Waals surface area contributed by atoms with E-state index in [4.69, 9.17) is 9.73 Å². The summed E-state index contributed by atoms with van der Waals surface area (Å²) >= 11 is 0. The van der Waals surface area contributed by atoms with Gasteiger partial charge >= 0.3 is 0 Å². The van der Waals surface area contributed by atoms with Crippen LogP contribution in [0.15, 0.2) is 53.7 Å². The maximum absolute atomic E-state index is 14.1. The van der Waals surface area contributed by atoms with Crippen LogP contribution in [0.3, 0.4) is 0 Å². The number of nitrogens with one attached hydrogen (secondary N) is 2. The van der Waals surface area contributed by atoms with E-state index >= 15 is 0 Å². The van der Waals surface area contributed by atoms with E-state index in [-0.39, 0.29) is 41.3 Å². The first-order valence-corrected chi connectivity index (χ1v) is 11.2. The zero-order valence-electron chi connectivity index (χ0n) is 18.6. The van der Waals surface area contributed by atoms with Crippen molar-refractivity contribution in [3.63, 3.8) is 0 Å². The zero-order valence-corrected chi connectivity index (χ0v) is 20.9. The number of nitrogens with zero attached hydrogens (tertiary/aromatic N) is 3. The van der Waals surface area contributed by atoms with Crippen molar-refractivity contribution in [3.05, 3.63) is 60.0 Å². The van der Waals surface area contributed by atoms with Gasteiger partial charge in [-0.05, 0) is 43.9 Å². The minimum Gasteiger partial charge on any atom is -0.381 e. The van der Waals surface area contributed by atoms with Gasteiger partial charge in [0, 0.05) is 50.5 Å². The van der Waals surface area contributed by atoms with Crippen LogP contribution >= 0.6 is 24.0 Å². The quantitative estimate of drug-likeness (QED) is 0.325. The van der Waals surface area contributed by atoms with E-state index in [0.717, 1.165) is 51.5 Å². The molecule has 2 aliphatic rings. The van der Waals surface area contributed by atoms with Gasteiger partial charge in [0.2, 0.25) is 0 Å². The number of pyridine rings is 1. The third-order valence-corrected chi connectivity index (χ3v) is 6.29. The number of guanidine groups is 1. The summed E-state index contributed by atoms with van der Waals surface area (Å²) in [7, 11) is 0. The number of aromatic nitrogens is 1. The summed E-state index contributed by atoms with van der Waals surface area (Å²) in [6, 6.07) is 14.0. The molecule has 0 saturated carbocycles. The van der Waals surface area contributed by atoms with E-state index in [1.165, 1.54) is 11.6 Å². The predicted molar refractivity (Wildman–Crippen MR) is 138 cm³/mol. The van der Waals surface area contributed by atoms with Gasteiger partial charge in [0.15, 0.2) is 17.6 Å². The molecule has 174 valence electrons. The number of aliphatic imine (C=N–C) groups is 1. The first-order chi connectivity index (χ1) is 15.2. The molecule has 0 radical (unpaired) electrons. The summed E-state index contributed by atoms with van der Waals surface area (Å²) in [6.07, 6.45) is 4.49. The Hall–Kier alpha value is -1.94. The van der Waals surface area contributed by atoms with E-state index in [1.54, 1.807) is 12.3 Å². The summed E-state index contributed by atoms with van der Waals surface area (Å²) in [4.78, 5) is 11.2. The molecule has 32 heavy (non-hydrogen) atoms. The Morgan fingerprint density at radius 3 is 2.72 bits per heavy atom. The molecule has 4 rings (SSSR count). The third-order valence-electron chi connectivity index (χ3n) is 6.29. The number of ether oxygens (including phenoxy) is 1. The van der Waals surface area contributed by atoms with E-state index in [0.29, 0.717) is 18.9 Å². The second kappa shape index (κ2) is 11.8. The van der Waals surface area contributed by atoms with E-state index in [9.17, 15) is 4.39 Å². The van der Waals surface area contributed by atoms with Crippen LogP contribution in [0.25, 0.3) is 0 Å². The lowest BCUT2D eigenvalue weighted by Crippen LogP contribution is -2.46. The molecule has 0 spiro atoms. The van der Waals surface area contributed by atoms with Crippen LogP contribution in [0.5, 0.6) is 0 Å². The number of rotatable bonds is 6. The van der Waals surface area contributed by atoms with Gasteiger partial charge in [-0.1, -0.05) is 30.3 Å². The minimum absolute atomic E-state index is 0. The van der Waals surface area contributed by atoms with Gasteiger partial charge < -0.3 is 20.3 Å². The Morgan fingerprint density at radius 2 is 2.00 bits per heavy atom. The maximum Gasteiger partial charge on any atom is 0.191 e. The molecule has 1 unspecified atom stereocenters. The van der Waals surface area contributed by atoms with Crippen LogP contribution < -0.4 is 15.5 Å². The fourth-order valence-corrected chi connectivity index (χ4v) is 4.52. The van der Waals surface area contributed by atoms with Gasteiger partial charge in [-0.3, -0.25) is 4.99 Å². The molecule has 1 aromatic carbocycles. The van der Waals surface area contributed by atoms with Crippen molar-refractivity contribution >= 4 is 35.8 Å². The lowest BCUT2D eigenvalue weighted by Gasteiger charge is -2.36. The normalized spacial score (nSPS) is 20.5. The molecule has 2 N–H and O–H groups in total. The van der Waals surface area contributed by atoms with Crippen LogP contribution in [-0.2, 0) is 10.2 Å². The van der Waals surface area contributed by atoms with E-state index in [2.05, 4.69) is 52.9 Å². The van der Waals surface area contributed by atoms with Crippen molar-refractivity contribution in [2.75, 3.05) is 44.3 Å². The van der Waals surface area contributed by atoms with Crippen LogP contribution in [0.2, 0.25) is 0 Å². The molecular formula is C24H33FIN5O. The smallest absolute Gasteiger partial charge is 0.191 e. The highest BCUT2D eigenvalue weighted by atomic mass is 127. The molecule has 2 aromatic rings. The third kappa shape index (κ3) is 5.89. The SMILES string of the molecule is CCNC(=NCC1(c2ccccc2)CCOCC1)NC1CCN(c2ncccc2F)C1.I. The molecule has 2 fully saturated rings. The highest BCUT2D eigenvalue weighted by molar-refractivity contribution is 14.0. The minimum atomic E-state index is -0.270. The summed E-state index contributed by atoms with van der Waals surface area (Å²) in [5, 5.41) is 6.94. The van der Waals surface area contributed by atoms with Crippen molar-refractivity contribution in [1.29, 1.82) is 0 Å². The summed E-state index contributed by atoms with van der Waals surface area (Å²) in [5.41, 5.74) is 1.33. The Labute approximate surface area is 207 Å². The Bertz CT molecular complexity index is 876. The molecule has 2 aliphatic heterocycles. The summed E-state index contributed by atoms with van der Waals surface area (Å²) in [5.74, 6) is 0.977. The Balaban J connectivity index is 0.00000289. The second-order valence-corrected chi connectivity index (χ2v) is 8.34. The molecular weight excluding hydrogens is 520 g/mol. The van der Waals surface area contributed by atoms with Crippen molar-refractivity contribution in [1.82, 2.24) is 15.6 Å². The molecule has 3 heterocycles. The van der Waals surface area contributed by atoms with Crippen LogP contribution in [-0.4, -0.2) is 56.4 Å². The largest absolute Gasteiger partial charge is 0.381 e. The number of hydrogen-bond acceptors (Lipinski definition) is 4. The molecule has 1 aromatic heterocycles. The summed E-state index contributed by atoms with van der Waals surface area (Å²) in [6.45, 7) is 6.58. The average molecular weight is 553 g/mol. The lowest BCUT2D eigenvalue weighted by atomic mass is 9.74. The monoisotopic (exact) mass is 553 g/mol. The molecule has 2 saturated heterocycles. The van der Waals surface area contributed by atoms with Gasteiger partial charge in [-0.15, -0.1) is 24.0 Å². The zero-order chi connectivity index (χ0) is 21.5. The molecule has 0 amide bonds. The van der Waals surface area contributed by atoms with Gasteiger partial charge in [0.25, 0.3) is 0 Å². The Morgan fingerprint density at radius 1 is 1.22 bits per heavy atom. The fourth-order valence-electron chi connectivity index (χ4n) is 4.52. The standard InChI is InChI=1S/C24H32FN5O.HI/c1-2-26-23(29-20-10-14-30(17-20)22-21(25)9-6-13-27-22)28-18-24(11-15-31-16-12-24)19-7-4-3-5-8-19;/h3-9,13,20H,2,10-12,14-18H2,1H3,(H2,26,28,29);1H. The first-order valence-electron chi connectivity index (χ1n) is 11.2. The number of anilines is 1. The molecule has 0 aliphatic carbocycles. The van der Waals surface area contributed by atoms with E-state index < -0.39 is 0 Å². The topological polar surface area (TPSA) is 61.8 Å². The molecule has 8 heteroatoms. The molecule has 0 bridgehead atoms. The highest BCUT2D eigenvalue weighted by Crippen LogP contribution is 2.35. The van der Waals surface area contributed by atoms with Gasteiger partial charge in [0.05, 0.1) is 6.54 Å². The van der Waals surface area contributed by atoms with Crippen molar-refractivity contribution < 1.29 is 9.13 Å². The predicted octanol–water partition coefficient (Wildman–Crippen LogP) is 3.72. The Kier molecular flexibility index (Phi) is 9.10. The molecule has 1 atom stereocenters. The average Bonchev–Trinajstić information content (AvgIpc) is 3.27. The summed E-state index contributed by atoms with van der Waals surface area (Å²) < 4.78 is 19.8. The van der Waals surface area contributed by atoms with Crippen LogP contribution in [0.1, 0.15) is 31.7 Å². The van der Waals surface area contributed by atoms with Crippen LogP contribution in [0, 0.1) is 5.82 Å². The fraction of sp³-hybridized carbons (Fsp3) is 0.500. The number of halogens is 2. The van der Waals surface area contributed by atoms with Gasteiger partial charge in [-0.2, -0.15) is 0 Å². The van der Waals surface area contributed by atoms with Gasteiger partial charge in [-0.25, -0.2) is 9.37 Å². The highest BCUT2D eigenvalue weighted by Gasteiger charge is 2.34.